The number of hydrogen-bond donors (Lipinski definition) is 8. The number of thiazole rings is 1. The molecule has 0 saturated carbocycles. The third-order valence-corrected chi connectivity index (χ3v) is 22.2. The lowest BCUT2D eigenvalue weighted by molar-refractivity contribution is -0.149. The Balaban J connectivity index is 1.37. The normalized spacial score (nSPS) is 16.6. The van der Waals surface area contributed by atoms with Crippen LogP contribution >= 0.6 is 11.3 Å². The number of carbonyl (C=O) groups excluding carboxylic acids is 12. The highest BCUT2D eigenvalue weighted by Crippen LogP contribution is 2.35. The predicted molar refractivity (Wildman–Crippen MR) is 432 cm³/mol. The fourth-order valence-electron chi connectivity index (χ4n) is 14.4. The maximum absolute atomic E-state index is 14.9. The topological polar surface area (TPSA) is 376 Å². The maximum Gasteiger partial charge on any atom is 0.408 e. The zero-order chi connectivity index (χ0) is 83.3. The summed E-state index contributed by atoms with van der Waals surface area (Å²) in [6.07, 6.45) is 3.74. The Morgan fingerprint density at radius 1 is 0.712 bits per heavy atom. The zero-order valence-electron chi connectivity index (χ0n) is 69.7. The average molecular weight is 1570 g/mol. The number of alkyl carbamates (subject to hydrolysis) is 1. The summed E-state index contributed by atoms with van der Waals surface area (Å²) >= 11 is 1.53. The number of hydrogen-bond acceptors (Lipinski definition) is 19. The molecular formula is C84H133N11O15S. The summed E-state index contributed by atoms with van der Waals surface area (Å²) in [4.78, 5) is 173. The van der Waals surface area contributed by atoms with Gasteiger partial charge < -0.3 is 67.4 Å². The molecule has 0 bridgehead atoms. The summed E-state index contributed by atoms with van der Waals surface area (Å²) in [5.74, 6) is -7.12. The van der Waals surface area contributed by atoms with Crippen LogP contribution in [0.15, 0.2) is 66.2 Å². The van der Waals surface area contributed by atoms with Gasteiger partial charge in [0.15, 0.2) is 17.3 Å². The van der Waals surface area contributed by atoms with Crippen molar-refractivity contribution in [1.82, 2.24) is 41.4 Å². The molecule has 2 aromatic carbocycles. The molecular weight excluding hydrogens is 1440 g/mol. The van der Waals surface area contributed by atoms with Crippen LogP contribution in [0, 0.1) is 46.8 Å². The summed E-state index contributed by atoms with van der Waals surface area (Å²) in [5, 5.41) is 20.0. The number of benzene rings is 2. The van der Waals surface area contributed by atoms with Crippen LogP contribution in [0.25, 0.3) is 0 Å². The lowest BCUT2D eigenvalue weighted by Gasteiger charge is -2.41. The number of urea groups is 1. The lowest BCUT2D eigenvalue weighted by Crippen LogP contribution is -2.55. The number of primary amides is 1. The summed E-state index contributed by atoms with van der Waals surface area (Å²) in [6.45, 7) is 29.8. The van der Waals surface area contributed by atoms with Crippen molar-refractivity contribution in [3.63, 3.8) is 0 Å². The van der Waals surface area contributed by atoms with Gasteiger partial charge in [-0.1, -0.05) is 125 Å². The van der Waals surface area contributed by atoms with Crippen LogP contribution in [0.4, 0.5) is 15.3 Å². The number of Topliss-reactive ketones (excluding diaryl/α,β-unsaturated/α-hetero) is 5. The van der Waals surface area contributed by atoms with E-state index in [1.54, 1.807) is 63.4 Å². The minimum Gasteiger partial charge on any atom is -0.445 e. The number of likely N-dealkylation sites (tertiary alicyclic amines) is 1. The Bertz CT molecular complexity index is 3500. The monoisotopic (exact) mass is 1570 g/mol. The Morgan fingerprint density at radius 3 is 1.91 bits per heavy atom. The van der Waals surface area contributed by atoms with Gasteiger partial charge in [0.1, 0.15) is 18.2 Å². The van der Waals surface area contributed by atoms with Gasteiger partial charge in [-0.2, -0.15) is 0 Å². The molecule has 27 heteroatoms. The van der Waals surface area contributed by atoms with Crippen molar-refractivity contribution in [3.05, 3.63) is 82.3 Å². The second-order valence-corrected chi connectivity index (χ2v) is 34.6. The van der Waals surface area contributed by atoms with Crippen LogP contribution in [0.3, 0.4) is 0 Å². The van der Waals surface area contributed by atoms with Crippen molar-refractivity contribution in [2.45, 2.75) is 280 Å². The van der Waals surface area contributed by atoms with Gasteiger partial charge in [0.2, 0.25) is 29.5 Å². The summed E-state index contributed by atoms with van der Waals surface area (Å²) in [7, 11) is 4.79. The maximum atomic E-state index is 14.9. The predicted octanol–water partition coefficient (Wildman–Crippen LogP) is 10.7. The average Bonchev–Trinajstić information content (AvgIpc) is 1.79. The smallest absolute Gasteiger partial charge is 0.408 e. The van der Waals surface area contributed by atoms with Crippen molar-refractivity contribution < 1.29 is 71.7 Å². The molecule has 4 rings (SSSR count). The summed E-state index contributed by atoms with van der Waals surface area (Å²) < 4.78 is 17.9. The molecule has 0 aliphatic carbocycles. The Hall–Kier alpha value is -7.85. The van der Waals surface area contributed by atoms with Gasteiger partial charge in [-0.3, -0.25) is 47.9 Å². The number of nitrogens with one attached hydrogen (secondary N) is 6. The first kappa shape index (κ1) is 95.5. The van der Waals surface area contributed by atoms with Crippen molar-refractivity contribution in [2.24, 2.45) is 58.3 Å². The highest BCUT2D eigenvalue weighted by molar-refractivity contribution is 7.09. The van der Waals surface area contributed by atoms with E-state index in [1.807, 2.05) is 105 Å². The molecule has 620 valence electrons. The van der Waals surface area contributed by atoms with Crippen molar-refractivity contribution >= 4 is 87.6 Å². The highest BCUT2D eigenvalue weighted by atomic mass is 32.1. The van der Waals surface area contributed by atoms with E-state index in [9.17, 15) is 57.5 Å². The van der Waals surface area contributed by atoms with Gasteiger partial charge in [0.05, 0.1) is 59.4 Å². The van der Waals surface area contributed by atoms with Gasteiger partial charge >= 0.3 is 12.1 Å². The molecule has 1 fully saturated rings. The van der Waals surface area contributed by atoms with Crippen LogP contribution in [-0.2, 0) is 75.2 Å². The Kier molecular flexibility index (Phi) is 39.4. The van der Waals surface area contributed by atoms with E-state index in [0.717, 1.165) is 17.0 Å². The van der Waals surface area contributed by atoms with Crippen molar-refractivity contribution in [2.75, 3.05) is 46.2 Å². The number of methoxy groups -OCH3 is 2. The second kappa shape index (κ2) is 45.7. The molecule has 0 radical (unpaired) electrons. The highest BCUT2D eigenvalue weighted by Gasteiger charge is 2.45. The molecule has 3 aromatic rings. The van der Waals surface area contributed by atoms with E-state index >= 15 is 0 Å². The standard InChI is InChI=1S/C84H133N11O15S/c1-20-53(6)73(68(108-18)49-71(101)95-42-27-32-64(95)74(109-19)54(7)65(96)47-60(78-88-41-43-111-78)44-56-28-22-21-23-29-56)94(17)79(105)62(51(2)3)48-69(99)84(15,16)93-81(107)110-50-57-33-35-61(36-34-57)90-76(103)59(31-26-40-89-80(86)106)46-67(98)72(52(4)5)91-77(104)58(45-66(97)55(8)85)30-24-25-39-87-70(100)38-37-63(92-83(12,13)14)75(102)82(9,10)11/h21-23,28-29,33-36,41,43,51-55,58-60,62-64,68,72-74,92H,20,24-27,30-32,37-40,42,44-50,85H2,1-19H3,(H,87,100)(H,90,103)(H,91,104)(H,93,107)(H3,86,89,106)/t53-,54-,55-,58+,59+,60+,62-,63+,64-,68+,72-,73-,74+/m0/s1. The minimum absolute atomic E-state index is 0.0149. The van der Waals surface area contributed by atoms with E-state index in [-0.39, 0.29) is 135 Å². The quantitative estimate of drug-likeness (QED) is 0.0243. The molecule has 8 amide bonds. The van der Waals surface area contributed by atoms with Crippen LogP contribution in [0.2, 0.25) is 0 Å². The van der Waals surface area contributed by atoms with E-state index in [1.165, 1.54) is 39.2 Å². The second-order valence-electron chi connectivity index (χ2n) is 33.6. The van der Waals surface area contributed by atoms with Crippen LogP contribution in [0.1, 0.15) is 229 Å². The molecule has 10 N–H and O–H groups in total. The van der Waals surface area contributed by atoms with Crippen LogP contribution in [0.5, 0.6) is 0 Å². The number of unbranched alkanes of at least 4 members (excludes halogenated alkanes) is 1. The molecule has 26 nitrogen and oxygen atoms in total. The number of ketones is 5. The lowest BCUT2D eigenvalue weighted by atomic mass is 9.83. The first-order chi connectivity index (χ1) is 52.0. The van der Waals surface area contributed by atoms with Crippen LogP contribution in [-0.4, -0.2) is 180 Å². The number of anilines is 1. The molecule has 0 spiro atoms. The molecule has 111 heavy (non-hydrogen) atoms. The fourth-order valence-corrected chi connectivity index (χ4v) is 15.2. The minimum atomic E-state index is -1.49. The third-order valence-electron chi connectivity index (χ3n) is 21.3. The van der Waals surface area contributed by atoms with E-state index in [2.05, 4.69) is 49.0 Å². The molecule has 1 saturated heterocycles. The van der Waals surface area contributed by atoms with Gasteiger partial charge in [-0.05, 0) is 134 Å². The number of nitrogens with two attached hydrogens (primary N) is 2. The van der Waals surface area contributed by atoms with Gasteiger partial charge in [-0.25, -0.2) is 14.6 Å². The van der Waals surface area contributed by atoms with Crippen molar-refractivity contribution in [3.8, 4) is 0 Å². The number of likely N-dealkylation sites (N-methyl/N-ethyl adjacent to an activating group) is 1. The fraction of sp³-hybridized carbons (Fsp3) is 0.679. The number of carbonyl (C=O) groups is 12. The van der Waals surface area contributed by atoms with Gasteiger partial charge in [-0.15, -0.1) is 11.3 Å². The Labute approximate surface area is 663 Å². The number of ether oxygens (including phenoxy) is 3. The molecule has 13 atom stereocenters. The SMILES string of the molecule is CC[C@H](C)[C@@H]([C@@H](CC(=O)N1CCC[C@H]1[C@H](OC)[C@@H](C)C(=O)C[C@@H](Cc1ccccc1)c1nccs1)OC)N(C)C(=O)[C@@H](CC(=O)C(C)(C)NC(=O)OCc1ccc(NC(=O)[C@H](CCCNC(N)=O)CC(=O)[C@@H](NC(=O)[C@H](CCCCNC(=O)CC[C@@H](NC(C)(C)C)C(=O)C(C)(C)C)CC(=O)[C@H](C)N)C(C)C)cc1)C(C)C. The number of nitrogens with zero attached hydrogens (tertiary/aromatic N) is 3. The molecule has 0 unspecified atom stereocenters. The van der Waals surface area contributed by atoms with E-state index in [4.69, 9.17) is 25.7 Å². The Morgan fingerprint density at radius 2 is 1.34 bits per heavy atom. The number of amides is 8. The summed E-state index contributed by atoms with van der Waals surface area (Å²) in [6, 6.07) is 12.3. The van der Waals surface area contributed by atoms with Gasteiger partial charge in [0.25, 0.3) is 0 Å². The van der Waals surface area contributed by atoms with Crippen molar-refractivity contribution in [1.29, 1.82) is 0 Å². The summed E-state index contributed by atoms with van der Waals surface area (Å²) in [5.41, 5.74) is 10.8. The molecule has 1 aliphatic heterocycles. The first-order valence-electron chi connectivity index (χ1n) is 39.7. The van der Waals surface area contributed by atoms with E-state index in [0.29, 0.717) is 62.9 Å². The molecule has 1 aromatic heterocycles. The van der Waals surface area contributed by atoms with Gasteiger partial charge in [0, 0.05) is 131 Å². The first-order valence-corrected chi connectivity index (χ1v) is 40.6. The molecule has 1 aliphatic rings. The third kappa shape index (κ3) is 31.6. The van der Waals surface area contributed by atoms with E-state index < -0.39 is 112 Å². The number of aromatic nitrogens is 1. The zero-order valence-corrected chi connectivity index (χ0v) is 70.5. The van der Waals surface area contributed by atoms with Crippen LogP contribution < -0.4 is 43.4 Å². The molecule has 2 heterocycles. The largest absolute Gasteiger partial charge is 0.445 e. The number of rotatable bonds is 49.